The van der Waals surface area contributed by atoms with Crippen molar-refractivity contribution >= 4 is 10.9 Å². The zero-order chi connectivity index (χ0) is 19.7. The molecule has 2 heterocycles. The Bertz CT molecular complexity index is 931. The molecule has 1 aliphatic rings. The largest absolute Gasteiger partial charge is 0.386 e. The minimum atomic E-state index is -0.826. The lowest BCUT2D eigenvalue weighted by Gasteiger charge is -2.33. The molecule has 0 unspecified atom stereocenters. The number of rotatable bonds is 5. The van der Waals surface area contributed by atoms with Crippen LogP contribution in [-0.4, -0.2) is 34.2 Å². The summed E-state index contributed by atoms with van der Waals surface area (Å²) in [6.07, 6.45) is 5.41. The van der Waals surface area contributed by atoms with Crippen molar-refractivity contribution < 1.29 is 9.50 Å². The minimum Gasteiger partial charge on any atom is -0.386 e. The third-order valence-corrected chi connectivity index (χ3v) is 6.01. The third kappa shape index (κ3) is 4.13. The van der Waals surface area contributed by atoms with E-state index in [1.807, 2.05) is 32.0 Å². The van der Waals surface area contributed by atoms with Gasteiger partial charge < -0.3 is 14.6 Å². The Morgan fingerprint density at radius 1 is 1.04 bits per heavy atom. The molecule has 2 aromatic carbocycles. The van der Waals surface area contributed by atoms with Crippen LogP contribution in [0.4, 0.5) is 4.39 Å². The van der Waals surface area contributed by atoms with E-state index in [4.69, 9.17) is 0 Å². The van der Waals surface area contributed by atoms with Gasteiger partial charge in [0.2, 0.25) is 0 Å². The van der Waals surface area contributed by atoms with E-state index in [9.17, 15) is 9.50 Å². The highest BCUT2D eigenvalue weighted by Gasteiger charge is 2.22. The Kier molecular flexibility index (Phi) is 5.26. The van der Waals surface area contributed by atoms with Crippen molar-refractivity contribution in [3.05, 3.63) is 71.7 Å². The predicted molar refractivity (Wildman–Crippen MR) is 112 cm³/mol. The molecular formula is C24H29FN2O. The monoisotopic (exact) mass is 380 g/mol. The van der Waals surface area contributed by atoms with E-state index in [0.29, 0.717) is 6.04 Å². The average Bonchev–Trinajstić information content (AvgIpc) is 3.10. The molecule has 0 aliphatic carbocycles. The standard InChI is InChI=1S/C24H29FN2O/c1-24(2,28)20-6-5-19-10-16-27(23(19)17-20)22-11-14-26(15-12-22)13-9-18-3-7-21(25)8-4-18/h3-8,10,16-17,22,28H,9,11-15H2,1-2H3. The molecule has 4 rings (SSSR count). The van der Waals surface area contributed by atoms with Crippen LogP contribution < -0.4 is 0 Å². The van der Waals surface area contributed by atoms with Crippen LogP contribution in [-0.2, 0) is 12.0 Å². The predicted octanol–water partition coefficient (Wildman–Crippen LogP) is 4.89. The number of hydrogen-bond donors (Lipinski definition) is 1. The van der Waals surface area contributed by atoms with Crippen LogP contribution in [0.3, 0.4) is 0 Å². The van der Waals surface area contributed by atoms with Gasteiger partial charge in [-0.05, 0) is 73.9 Å². The molecule has 1 fully saturated rings. The van der Waals surface area contributed by atoms with Gasteiger partial charge in [0.25, 0.3) is 0 Å². The fourth-order valence-electron chi connectivity index (χ4n) is 4.21. The summed E-state index contributed by atoms with van der Waals surface area (Å²) >= 11 is 0. The maximum absolute atomic E-state index is 13.0. The highest BCUT2D eigenvalue weighted by Crippen LogP contribution is 2.30. The molecule has 0 bridgehead atoms. The second kappa shape index (κ2) is 7.69. The van der Waals surface area contributed by atoms with Gasteiger partial charge in [0, 0.05) is 37.4 Å². The number of aliphatic hydroxyl groups is 1. The quantitative estimate of drug-likeness (QED) is 0.683. The van der Waals surface area contributed by atoms with Crippen LogP contribution in [0.1, 0.15) is 43.9 Å². The third-order valence-electron chi connectivity index (χ3n) is 6.01. The van der Waals surface area contributed by atoms with E-state index in [2.05, 4.69) is 33.9 Å². The highest BCUT2D eigenvalue weighted by atomic mass is 19.1. The summed E-state index contributed by atoms with van der Waals surface area (Å²) in [4.78, 5) is 2.51. The lowest BCUT2D eigenvalue weighted by atomic mass is 9.97. The van der Waals surface area contributed by atoms with Crippen molar-refractivity contribution in [2.75, 3.05) is 19.6 Å². The zero-order valence-electron chi connectivity index (χ0n) is 16.7. The van der Waals surface area contributed by atoms with Crippen LogP contribution in [0.15, 0.2) is 54.7 Å². The van der Waals surface area contributed by atoms with Crippen LogP contribution in [0.25, 0.3) is 10.9 Å². The minimum absolute atomic E-state index is 0.170. The van der Waals surface area contributed by atoms with Gasteiger partial charge in [-0.25, -0.2) is 4.39 Å². The molecule has 0 atom stereocenters. The molecule has 1 aliphatic heterocycles. The number of benzene rings is 2. The van der Waals surface area contributed by atoms with Gasteiger partial charge in [0.05, 0.1) is 5.60 Å². The van der Waals surface area contributed by atoms with Gasteiger partial charge in [0.15, 0.2) is 0 Å². The van der Waals surface area contributed by atoms with Crippen molar-refractivity contribution in [2.45, 2.75) is 44.8 Å². The first kappa shape index (κ1) is 19.2. The van der Waals surface area contributed by atoms with Crippen LogP contribution in [0, 0.1) is 5.82 Å². The first-order valence-corrected chi connectivity index (χ1v) is 10.2. The molecule has 0 saturated carbocycles. The van der Waals surface area contributed by atoms with Gasteiger partial charge >= 0.3 is 0 Å². The Morgan fingerprint density at radius 2 is 1.75 bits per heavy atom. The number of halogens is 1. The topological polar surface area (TPSA) is 28.4 Å². The van der Waals surface area contributed by atoms with Gasteiger partial charge in [-0.3, -0.25) is 0 Å². The molecule has 0 amide bonds. The lowest BCUT2D eigenvalue weighted by Crippen LogP contribution is -2.35. The molecular weight excluding hydrogens is 351 g/mol. The van der Waals surface area contributed by atoms with Gasteiger partial charge in [-0.15, -0.1) is 0 Å². The molecule has 1 N–H and O–H groups in total. The smallest absolute Gasteiger partial charge is 0.123 e. The first-order valence-electron chi connectivity index (χ1n) is 10.2. The Morgan fingerprint density at radius 3 is 2.43 bits per heavy atom. The summed E-state index contributed by atoms with van der Waals surface area (Å²) in [7, 11) is 0. The maximum atomic E-state index is 13.0. The molecule has 28 heavy (non-hydrogen) atoms. The second-order valence-electron chi connectivity index (χ2n) is 8.50. The van der Waals surface area contributed by atoms with Crippen LogP contribution >= 0.6 is 0 Å². The molecule has 1 saturated heterocycles. The summed E-state index contributed by atoms with van der Waals surface area (Å²) in [5.41, 5.74) is 2.53. The van der Waals surface area contributed by atoms with E-state index in [-0.39, 0.29) is 5.82 Å². The number of piperidine rings is 1. The number of likely N-dealkylation sites (tertiary alicyclic amines) is 1. The van der Waals surface area contributed by atoms with Crippen molar-refractivity contribution in [1.82, 2.24) is 9.47 Å². The summed E-state index contributed by atoms with van der Waals surface area (Å²) in [5, 5.41) is 11.6. The first-order chi connectivity index (χ1) is 13.4. The van der Waals surface area contributed by atoms with E-state index < -0.39 is 5.60 Å². The number of hydrogen-bond acceptors (Lipinski definition) is 2. The van der Waals surface area contributed by atoms with Crippen molar-refractivity contribution in [3.8, 4) is 0 Å². The molecule has 0 radical (unpaired) electrons. The summed E-state index contributed by atoms with van der Waals surface area (Å²) < 4.78 is 15.4. The van der Waals surface area contributed by atoms with Crippen LogP contribution in [0.2, 0.25) is 0 Å². The molecule has 3 nitrogen and oxygen atoms in total. The summed E-state index contributed by atoms with van der Waals surface area (Å²) in [6.45, 7) is 6.85. The van der Waals surface area contributed by atoms with Crippen molar-refractivity contribution in [2.24, 2.45) is 0 Å². The van der Waals surface area contributed by atoms with Crippen molar-refractivity contribution in [3.63, 3.8) is 0 Å². The van der Waals surface area contributed by atoms with Gasteiger partial charge in [-0.2, -0.15) is 0 Å². The normalized spacial score (nSPS) is 16.7. The Hall–Kier alpha value is -2.17. The zero-order valence-corrected chi connectivity index (χ0v) is 16.7. The fraction of sp³-hybridized carbons (Fsp3) is 0.417. The molecule has 4 heteroatoms. The van der Waals surface area contributed by atoms with Crippen LogP contribution in [0.5, 0.6) is 0 Å². The average molecular weight is 381 g/mol. The second-order valence-corrected chi connectivity index (χ2v) is 8.50. The van der Waals surface area contributed by atoms with E-state index in [1.54, 1.807) is 12.1 Å². The van der Waals surface area contributed by atoms with E-state index >= 15 is 0 Å². The van der Waals surface area contributed by atoms with Crippen molar-refractivity contribution in [1.29, 1.82) is 0 Å². The summed E-state index contributed by atoms with van der Waals surface area (Å²) in [6, 6.07) is 15.8. The fourth-order valence-corrected chi connectivity index (χ4v) is 4.21. The molecule has 3 aromatic rings. The summed E-state index contributed by atoms with van der Waals surface area (Å²) in [5.74, 6) is -0.170. The highest BCUT2D eigenvalue weighted by molar-refractivity contribution is 5.81. The molecule has 148 valence electrons. The van der Waals surface area contributed by atoms with E-state index in [0.717, 1.165) is 44.5 Å². The van der Waals surface area contributed by atoms with Gasteiger partial charge in [0.1, 0.15) is 5.82 Å². The molecule has 0 spiro atoms. The number of fused-ring (bicyclic) bond motifs is 1. The van der Waals surface area contributed by atoms with Gasteiger partial charge in [-0.1, -0.05) is 24.3 Å². The Labute approximate surface area is 166 Å². The molecule has 1 aromatic heterocycles. The Balaban J connectivity index is 1.40. The maximum Gasteiger partial charge on any atom is 0.123 e. The SMILES string of the molecule is CC(C)(O)c1ccc2ccn(C3CCN(CCc4ccc(F)cc4)CC3)c2c1. The lowest BCUT2D eigenvalue weighted by molar-refractivity contribution is 0.0787. The number of aromatic nitrogens is 1. The number of nitrogens with zero attached hydrogens (tertiary/aromatic N) is 2. The van der Waals surface area contributed by atoms with E-state index in [1.165, 1.54) is 16.5 Å².